The molecule has 1 heterocycles. The van der Waals surface area contributed by atoms with Gasteiger partial charge in [0.15, 0.2) is 0 Å². The van der Waals surface area contributed by atoms with Crippen molar-refractivity contribution in [3.05, 3.63) is 50.6 Å². The average molecular weight is 296 g/mol. The van der Waals surface area contributed by atoms with Gasteiger partial charge in [-0.15, -0.1) is 0 Å². The number of aromatic nitrogens is 2. The molecular formula is C11H10BrN3O2. The lowest BCUT2D eigenvalue weighted by atomic mass is 10.2. The summed E-state index contributed by atoms with van der Waals surface area (Å²) in [6.45, 7) is 1.89. The molecule has 6 heteroatoms. The molecule has 5 nitrogen and oxygen atoms in total. The van der Waals surface area contributed by atoms with Gasteiger partial charge in [-0.05, 0) is 30.7 Å². The molecule has 0 bridgehead atoms. The van der Waals surface area contributed by atoms with Crippen LogP contribution in [-0.2, 0) is 0 Å². The van der Waals surface area contributed by atoms with Crippen LogP contribution in [0.2, 0.25) is 0 Å². The third-order valence-corrected chi connectivity index (χ3v) is 2.77. The van der Waals surface area contributed by atoms with E-state index in [0.29, 0.717) is 5.69 Å². The van der Waals surface area contributed by atoms with Crippen LogP contribution in [-0.4, -0.2) is 15.9 Å². The lowest BCUT2D eigenvalue weighted by molar-refractivity contribution is 0.102. The first-order valence-electron chi connectivity index (χ1n) is 4.91. The van der Waals surface area contributed by atoms with Gasteiger partial charge in [-0.3, -0.25) is 4.79 Å². The number of nitrogens with one attached hydrogen (secondary N) is 3. The van der Waals surface area contributed by atoms with Gasteiger partial charge in [-0.1, -0.05) is 15.9 Å². The zero-order valence-corrected chi connectivity index (χ0v) is 10.6. The molecule has 0 atom stereocenters. The van der Waals surface area contributed by atoms with Gasteiger partial charge >= 0.3 is 5.69 Å². The van der Waals surface area contributed by atoms with Crippen molar-refractivity contribution in [2.45, 2.75) is 6.92 Å². The van der Waals surface area contributed by atoms with Gasteiger partial charge in [0, 0.05) is 16.4 Å². The molecule has 0 unspecified atom stereocenters. The molecule has 1 amide bonds. The van der Waals surface area contributed by atoms with E-state index < -0.39 is 5.69 Å². The maximum Gasteiger partial charge on any atom is 0.323 e. The summed E-state index contributed by atoms with van der Waals surface area (Å²) >= 11 is 3.35. The Morgan fingerprint density at radius 1 is 1.41 bits per heavy atom. The van der Waals surface area contributed by atoms with Gasteiger partial charge in [0.05, 0.1) is 0 Å². The van der Waals surface area contributed by atoms with Crippen LogP contribution in [0.25, 0.3) is 0 Å². The largest absolute Gasteiger partial charge is 0.323 e. The molecule has 2 rings (SSSR count). The van der Waals surface area contributed by atoms with Gasteiger partial charge in [0.25, 0.3) is 5.91 Å². The molecular weight excluding hydrogens is 286 g/mol. The highest BCUT2D eigenvalue weighted by Gasteiger charge is 2.09. The Morgan fingerprint density at radius 2 is 2.18 bits per heavy atom. The molecule has 0 aliphatic heterocycles. The first-order valence-corrected chi connectivity index (χ1v) is 5.71. The smallest absolute Gasteiger partial charge is 0.320 e. The summed E-state index contributed by atoms with van der Waals surface area (Å²) in [6.07, 6.45) is 1.34. The van der Waals surface area contributed by atoms with Crippen molar-refractivity contribution in [3.63, 3.8) is 0 Å². The Bertz CT molecular complexity index is 615. The number of amides is 1. The number of hydrogen-bond acceptors (Lipinski definition) is 2. The Hall–Kier alpha value is -1.82. The minimum absolute atomic E-state index is 0.206. The van der Waals surface area contributed by atoms with E-state index in [-0.39, 0.29) is 11.6 Å². The lowest BCUT2D eigenvalue weighted by Gasteiger charge is -2.07. The number of anilines is 1. The molecule has 0 aliphatic carbocycles. The van der Waals surface area contributed by atoms with E-state index in [0.717, 1.165) is 10.0 Å². The summed E-state index contributed by atoms with van der Waals surface area (Å²) in [5.41, 5.74) is 1.45. The number of H-pyrrole nitrogens is 2. The van der Waals surface area contributed by atoms with Crippen molar-refractivity contribution in [3.8, 4) is 0 Å². The van der Waals surface area contributed by atoms with E-state index in [4.69, 9.17) is 0 Å². The van der Waals surface area contributed by atoms with Gasteiger partial charge in [0.2, 0.25) is 0 Å². The first kappa shape index (κ1) is 11.7. The maximum absolute atomic E-state index is 11.8. The monoisotopic (exact) mass is 295 g/mol. The van der Waals surface area contributed by atoms with Crippen LogP contribution >= 0.6 is 15.9 Å². The minimum atomic E-state index is -0.400. The standard InChI is InChI=1S/C11H10BrN3O2/c1-6-4-7(12)2-3-8(6)14-10(16)9-5-13-11(17)15-9/h2-5H,1H3,(H,14,16)(H2,13,15,17). The number of benzene rings is 1. The Kier molecular flexibility index (Phi) is 3.14. The molecule has 0 fully saturated rings. The fourth-order valence-corrected chi connectivity index (χ4v) is 1.89. The molecule has 0 radical (unpaired) electrons. The second-order valence-electron chi connectivity index (χ2n) is 3.57. The van der Waals surface area contributed by atoms with E-state index in [1.54, 1.807) is 6.07 Å². The first-order chi connectivity index (χ1) is 8.06. The van der Waals surface area contributed by atoms with Crippen LogP contribution < -0.4 is 11.0 Å². The summed E-state index contributed by atoms with van der Waals surface area (Å²) in [7, 11) is 0. The van der Waals surface area contributed by atoms with Crippen molar-refractivity contribution in [2.75, 3.05) is 5.32 Å². The zero-order valence-electron chi connectivity index (χ0n) is 9.00. The van der Waals surface area contributed by atoms with E-state index in [9.17, 15) is 9.59 Å². The number of imidazole rings is 1. The van der Waals surface area contributed by atoms with E-state index in [2.05, 4.69) is 31.2 Å². The highest BCUT2D eigenvalue weighted by atomic mass is 79.9. The third kappa shape index (κ3) is 2.65. The van der Waals surface area contributed by atoms with Gasteiger partial charge in [0.1, 0.15) is 5.69 Å². The molecule has 3 N–H and O–H groups in total. The molecule has 2 aromatic rings. The predicted molar refractivity (Wildman–Crippen MR) is 68.2 cm³/mol. The summed E-state index contributed by atoms with van der Waals surface area (Å²) in [5, 5.41) is 2.72. The molecule has 1 aromatic carbocycles. The summed E-state index contributed by atoms with van der Waals surface area (Å²) in [6, 6.07) is 5.53. The van der Waals surface area contributed by atoms with Crippen LogP contribution in [0.15, 0.2) is 33.7 Å². The van der Waals surface area contributed by atoms with E-state index in [1.807, 2.05) is 19.1 Å². The SMILES string of the molecule is Cc1cc(Br)ccc1NC(=O)c1c[nH]c(=O)[nH]1. The van der Waals surface area contributed by atoms with E-state index in [1.165, 1.54) is 6.20 Å². The number of carbonyl (C=O) groups is 1. The number of aromatic amines is 2. The topological polar surface area (TPSA) is 77.8 Å². The third-order valence-electron chi connectivity index (χ3n) is 2.28. The lowest BCUT2D eigenvalue weighted by Crippen LogP contribution is -2.14. The van der Waals surface area contributed by atoms with Crippen molar-refractivity contribution >= 4 is 27.5 Å². The fraction of sp³-hybridized carbons (Fsp3) is 0.0909. The summed E-state index contributed by atoms with van der Waals surface area (Å²) in [4.78, 5) is 27.4. The highest BCUT2D eigenvalue weighted by Crippen LogP contribution is 2.20. The molecule has 0 saturated carbocycles. The normalized spacial score (nSPS) is 10.2. The number of halogens is 1. The quantitative estimate of drug-likeness (QED) is 0.793. The van der Waals surface area contributed by atoms with Crippen LogP contribution in [0.3, 0.4) is 0 Å². The van der Waals surface area contributed by atoms with Crippen molar-refractivity contribution in [1.82, 2.24) is 9.97 Å². The van der Waals surface area contributed by atoms with Gasteiger partial charge < -0.3 is 15.3 Å². The van der Waals surface area contributed by atoms with Gasteiger partial charge in [-0.25, -0.2) is 4.79 Å². The van der Waals surface area contributed by atoms with Crippen molar-refractivity contribution in [2.24, 2.45) is 0 Å². The van der Waals surface area contributed by atoms with Crippen molar-refractivity contribution in [1.29, 1.82) is 0 Å². The van der Waals surface area contributed by atoms with Crippen LogP contribution in [0.5, 0.6) is 0 Å². The molecule has 0 aliphatic rings. The summed E-state index contributed by atoms with van der Waals surface area (Å²) < 4.78 is 0.947. The Balaban J connectivity index is 2.21. The average Bonchev–Trinajstić information content (AvgIpc) is 2.69. The Labute approximate surface area is 105 Å². The molecule has 0 spiro atoms. The second kappa shape index (κ2) is 4.58. The number of rotatable bonds is 2. The second-order valence-corrected chi connectivity index (χ2v) is 4.49. The van der Waals surface area contributed by atoms with Crippen LogP contribution in [0.4, 0.5) is 5.69 Å². The molecule has 17 heavy (non-hydrogen) atoms. The van der Waals surface area contributed by atoms with Crippen LogP contribution in [0, 0.1) is 6.92 Å². The minimum Gasteiger partial charge on any atom is -0.320 e. The summed E-state index contributed by atoms with van der Waals surface area (Å²) in [5.74, 6) is -0.353. The number of aryl methyl sites for hydroxylation is 1. The number of hydrogen-bond donors (Lipinski definition) is 3. The van der Waals surface area contributed by atoms with Crippen molar-refractivity contribution < 1.29 is 4.79 Å². The Morgan fingerprint density at radius 3 is 2.76 bits per heavy atom. The predicted octanol–water partition coefficient (Wildman–Crippen LogP) is 2.03. The maximum atomic E-state index is 11.8. The molecule has 1 aromatic heterocycles. The molecule has 88 valence electrons. The van der Waals surface area contributed by atoms with Crippen LogP contribution in [0.1, 0.15) is 16.1 Å². The highest BCUT2D eigenvalue weighted by molar-refractivity contribution is 9.10. The van der Waals surface area contributed by atoms with E-state index >= 15 is 0 Å². The molecule has 0 saturated heterocycles. The van der Waals surface area contributed by atoms with Gasteiger partial charge in [-0.2, -0.15) is 0 Å². The zero-order chi connectivity index (χ0) is 12.4. The number of carbonyl (C=O) groups excluding carboxylic acids is 1. The fourth-order valence-electron chi connectivity index (χ4n) is 1.41.